The standard InChI is InChI=1S/C10H11ClN2O3/c11-9-3-2-8(6-12-9)7-13(10(15)16)4-1-5-14/h2-3,5-6H,1,4,7H2,(H,15,16). The van der Waals surface area contributed by atoms with Crippen LogP contribution >= 0.6 is 11.6 Å². The molecule has 0 radical (unpaired) electrons. The van der Waals surface area contributed by atoms with Crippen molar-refractivity contribution in [3.05, 3.63) is 29.0 Å². The molecule has 0 aliphatic rings. The second-order valence-electron chi connectivity index (χ2n) is 3.15. The Morgan fingerprint density at radius 2 is 2.31 bits per heavy atom. The molecule has 1 aromatic rings. The molecule has 0 saturated heterocycles. The fourth-order valence-corrected chi connectivity index (χ4v) is 1.28. The van der Waals surface area contributed by atoms with Crippen LogP contribution in [0, 0.1) is 0 Å². The molecule has 0 unspecified atom stereocenters. The van der Waals surface area contributed by atoms with Crippen LogP contribution in [0.25, 0.3) is 0 Å². The Morgan fingerprint density at radius 1 is 1.56 bits per heavy atom. The zero-order valence-corrected chi connectivity index (χ0v) is 9.22. The highest BCUT2D eigenvalue weighted by molar-refractivity contribution is 6.29. The first-order valence-corrected chi connectivity index (χ1v) is 5.03. The molecule has 0 atom stereocenters. The lowest BCUT2D eigenvalue weighted by molar-refractivity contribution is -0.108. The molecule has 1 amide bonds. The van der Waals surface area contributed by atoms with Gasteiger partial charge in [-0.25, -0.2) is 9.78 Å². The van der Waals surface area contributed by atoms with E-state index in [4.69, 9.17) is 16.7 Å². The summed E-state index contributed by atoms with van der Waals surface area (Å²) in [5.41, 5.74) is 0.734. The fraction of sp³-hybridized carbons (Fsp3) is 0.300. The number of rotatable bonds is 5. The molecule has 1 aromatic heterocycles. The summed E-state index contributed by atoms with van der Waals surface area (Å²) < 4.78 is 0. The van der Waals surface area contributed by atoms with Crippen LogP contribution in [-0.4, -0.2) is 33.9 Å². The number of halogens is 1. The highest BCUT2D eigenvalue weighted by atomic mass is 35.5. The van der Waals surface area contributed by atoms with Gasteiger partial charge >= 0.3 is 6.09 Å². The van der Waals surface area contributed by atoms with Crippen molar-refractivity contribution in [2.75, 3.05) is 6.54 Å². The molecule has 0 fully saturated rings. The number of carbonyl (C=O) groups is 2. The van der Waals surface area contributed by atoms with E-state index in [-0.39, 0.29) is 19.5 Å². The summed E-state index contributed by atoms with van der Waals surface area (Å²) in [5, 5.41) is 9.24. The van der Waals surface area contributed by atoms with Crippen molar-refractivity contribution in [1.29, 1.82) is 0 Å². The highest BCUT2D eigenvalue weighted by Gasteiger charge is 2.11. The third-order valence-corrected chi connectivity index (χ3v) is 2.17. The maximum absolute atomic E-state index is 10.8. The first kappa shape index (κ1) is 12.4. The smallest absolute Gasteiger partial charge is 0.407 e. The van der Waals surface area contributed by atoms with Crippen molar-refractivity contribution in [3.63, 3.8) is 0 Å². The molecule has 0 aliphatic carbocycles. The summed E-state index contributed by atoms with van der Waals surface area (Å²) in [6.45, 7) is 0.384. The van der Waals surface area contributed by atoms with E-state index in [0.29, 0.717) is 11.4 Å². The SMILES string of the molecule is O=CCCN(Cc1ccc(Cl)nc1)C(=O)O. The van der Waals surface area contributed by atoms with Gasteiger partial charge < -0.3 is 14.8 Å². The van der Waals surface area contributed by atoms with Crippen LogP contribution in [0.1, 0.15) is 12.0 Å². The Labute approximate surface area is 97.7 Å². The second kappa shape index (κ2) is 6.07. The highest BCUT2D eigenvalue weighted by Crippen LogP contribution is 2.08. The Morgan fingerprint density at radius 3 is 2.81 bits per heavy atom. The number of carboxylic acid groups (broad SMARTS) is 1. The van der Waals surface area contributed by atoms with Crippen LogP contribution in [0.2, 0.25) is 5.15 Å². The Bertz CT molecular complexity index is 367. The number of aldehydes is 1. The van der Waals surface area contributed by atoms with Gasteiger partial charge in [0.05, 0.1) is 6.54 Å². The second-order valence-corrected chi connectivity index (χ2v) is 3.54. The molecule has 1 rings (SSSR count). The zero-order valence-electron chi connectivity index (χ0n) is 8.47. The Balaban J connectivity index is 2.63. The molecule has 0 aromatic carbocycles. The molecule has 0 spiro atoms. The molecule has 16 heavy (non-hydrogen) atoms. The predicted molar refractivity (Wildman–Crippen MR) is 58.4 cm³/mol. The van der Waals surface area contributed by atoms with Crippen molar-refractivity contribution < 1.29 is 14.7 Å². The average Bonchev–Trinajstić information content (AvgIpc) is 2.26. The molecule has 86 valence electrons. The van der Waals surface area contributed by atoms with E-state index >= 15 is 0 Å². The number of pyridine rings is 1. The Hall–Kier alpha value is -1.62. The van der Waals surface area contributed by atoms with Crippen LogP contribution in [-0.2, 0) is 11.3 Å². The molecular formula is C10H11ClN2O3. The number of carbonyl (C=O) groups excluding carboxylic acids is 1. The molecule has 0 saturated carbocycles. The van der Waals surface area contributed by atoms with E-state index in [1.807, 2.05) is 0 Å². The quantitative estimate of drug-likeness (QED) is 0.631. The number of hydrogen-bond acceptors (Lipinski definition) is 3. The van der Waals surface area contributed by atoms with Crippen LogP contribution in [0.15, 0.2) is 18.3 Å². The summed E-state index contributed by atoms with van der Waals surface area (Å²) in [6, 6.07) is 3.29. The summed E-state index contributed by atoms with van der Waals surface area (Å²) in [7, 11) is 0. The summed E-state index contributed by atoms with van der Waals surface area (Å²) in [5.74, 6) is 0. The third-order valence-electron chi connectivity index (χ3n) is 1.95. The van der Waals surface area contributed by atoms with Crippen molar-refractivity contribution in [3.8, 4) is 0 Å². The van der Waals surface area contributed by atoms with E-state index in [1.54, 1.807) is 12.1 Å². The van der Waals surface area contributed by atoms with Gasteiger partial charge in [-0.1, -0.05) is 17.7 Å². The Kier molecular flexibility index (Phi) is 4.72. The van der Waals surface area contributed by atoms with Gasteiger partial charge in [0.15, 0.2) is 0 Å². The monoisotopic (exact) mass is 242 g/mol. The minimum atomic E-state index is -1.06. The number of aromatic nitrogens is 1. The topological polar surface area (TPSA) is 70.5 Å². The van der Waals surface area contributed by atoms with Crippen molar-refractivity contribution in [2.24, 2.45) is 0 Å². The summed E-state index contributed by atoms with van der Waals surface area (Å²) >= 11 is 5.61. The lowest BCUT2D eigenvalue weighted by Crippen LogP contribution is -2.30. The largest absolute Gasteiger partial charge is 0.465 e. The van der Waals surface area contributed by atoms with Crippen molar-refractivity contribution in [2.45, 2.75) is 13.0 Å². The maximum atomic E-state index is 10.8. The van der Waals surface area contributed by atoms with Gasteiger partial charge in [0, 0.05) is 19.2 Å². The molecule has 6 heteroatoms. The third kappa shape index (κ3) is 3.86. The average molecular weight is 243 g/mol. The lowest BCUT2D eigenvalue weighted by atomic mass is 10.2. The van der Waals surface area contributed by atoms with E-state index in [2.05, 4.69) is 4.98 Å². The van der Waals surface area contributed by atoms with E-state index in [9.17, 15) is 9.59 Å². The van der Waals surface area contributed by atoms with Crippen LogP contribution in [0.4, 0.5) is 4.79 Å². The first-order valence-electron chi connectivity index (χ1n) is 4.65. The van der Waals surface area contributed by atoms with E-state index in [1.165, 1.54) is 6.20 Å². The zero-order chi connectivity index (χ0) is 12.0. The van der Waals surface area contributed by atoms with Gasteiger partial charge in [-0.05, 0) is 11.6 Å². The van der Waals surface area contributed by atoms with Gasteiger partial charge in [0.2, 0.25) is 0 Å². The fourth-order valence-electron chi connectivity index (χ4n) is 1.17. The molecule has 5 nitrogen and oxygen atoms in total. The lowest BCUT2D eigenvalue weighted by Gasteiger charge is -2.17. The van der Waals surface area contributed by atoms with Crippen molar-refractivity contribution in [1.82, 2.24) is 9.88 Å². The summed E-state index contributed by atoms with van der Waals surface area (Å²) in [4.78, 5) is 26.0. The number of amides is 1. The van der Waals surface area contributed by atoms with Crippen LogP contribution in [0.3, 0.4) is 0 Å². The molecule has 1 heterocycles. The molecule has 0 aliphatic heterocycles. The van der Waals surface area contributed by atoms with Gasteiger partial charge in [-0.3, -0.25) is 0 Å². The van der Waals surface area contributed by atoms with Crippen LogP contribution in [0.5, 0.6) is 0 Å². The number of nitrogens with zero attached hydrogens (tertiary/aromatic N) is 2. The van der Waals surface area contributed by atoms with Gasteiger partial charge in [0.1, 0.15) is 11.4 Å². The maximum Gasteiger partial charge on any atom is 0.407 e. The molecule has 0 bridgehead atoms. The molecule has 1 N–H and O–H groups in total. The normalized spacial score (nSPS) is 9.81. The van der Waals surface area contributed by atoms with Crippen molar-refractivity contribution >= 4 is 24.0 Å². The van der Waals surface area contributed by atoms with Crippen LogP contribution < -0.4 is 0 Å². The van der Waals surface area contributed by atoms with Gasteiger partial charge in [-0.15, -0.1) is 0 Å². The van der Waals surface area contributed by atoms with E-state index < -0.39 is 6.09 Å². The van der Waals surface area contributed by atoms with Gasteiger partial charge in [0.25, 0.3) is 0 Å². The predicted octanol–water partition coefficient (Wildman–Crippen LogP) is 1.80. The van der Waals surface area contributed by atoms with E-state index in [0.717, 1.165) is 10.5 Å². The van der Waals surface area contributed by atoms with Gasteiger partial charge in [-0.2, -0.15) is 0 Å². The number of hydrogen-bond donors (Lipinski definition) is 1. The molecular weight excluding hydrogens is 232 g/mol. The minimum Gasteiger partial charge on any atom is -0.465 e. The first-order chi connectivity index (χ1) is 7.63. The summed E-state index contributed by atoms with van der Waals surface area (Å²) in [6.07, 6.45) is 1.33. The minimum absolute atomic E-state index is 0.182.